The number of unbranched alkanes of at least 4 members (excludes halogenated alkanes) is 1. The molecule has 1 amide bonds. The van der Waals surface area contributed by atoms with Gasteiger partial charge < -0.3 is 20.3 Å². The first-order chi connectivity index (χ1) is 11.7. The fourth-order valence-corrected chi connectivity index (χ4v) is 3.58. The molecular formula is C18H35IN4O2. The van der Waals surface area contributed by atoms with Crippen molar-refractivity contribution in [2.24, 2.45) is 10.9 Å². The third kappa shape index (κ3) is 7.68. The van der Waals surface area contributed by atoms with Crippen LogP contribution >= 0.6 is 24.0 Å². The normalized spacial score (nSPS) is 21.3. The lowest BCUT2D eigenvalue weighted by Gasteiger charge is -2.21. The summed E-state index contributed by atoms with van der Waals surface area (Å²) in [6.07, 6.45) is 7.72. The molecule has 6 nitrogen and oxygen atoms in total. The van der Waals surface area contributed by atoms with Gasteiger partial charge in [0.25, 0.3) is 0 Å². The summed E-state index contributed by atoms with van der Waals surface area (Å²) in [5.41, 5.74) is 0. The van der Waals surface area contributed by atoms with Gasteiger partial charge in [0.1, 0.15) is 0 Å². The van der Waals surface area contributed by atoms with Crippen LogP contribution in [0, 0.1) is 5.92 Å². The minimum atomic E-state index is 0. The van der Waals surface area contributed by atoms with Crippen LogP contribution in [0.2, 0.25) is 0 Å². The molecule has 0 aromatic carbocycles. The number of ether oxygens (including phenoxy) is 1. The van der Waals surface area contributed by atoms with Crippen LogP contribution in [0.5, 0.6) is 0 Å². The summed E-state index contributed by atoms with van der Waals surface area (Å²) in [7, 11) is 1.80. The van der Waals surface area contributed by atoms with Crippen LogP contribution in [0.15, 0.2) is 4.99 Å². The Balaban J connectivity index is 0.00000312. The summed E-state index contributed by atoms with van der Waals surface area (Å²) in [5, 5.41) is 6.81. The first-order valence-corrected chi connectivity index (χ1v) is 9.58. The second-order valence-electron chi connectivity index (χ2n) is 6.80. The van der Waals surface area contributed by atoms with Gasteiger partial charge in [0.2, 0.25) is 5.91 Å². The van der Waals surface area contributed by atoms with Crippen LogP contribution in [0.3, 0.4) is 0 Å². The van der Waals surface area contributed by atoms with Crippen LogP contribution in [0.25, 0.3) is 0 Å². The number of guanidine groups is 1. The van der Waals surface area contributed by atoms with Gasteiger partial charge >= 0.3 is 0 Å². The van der Waals surface area contributed by atoms with Gasteiger partial charge in [-0.05, 0) is 39.0 Å². The highest BCUT2D eigenvalue weighted by Crippen LogP contribution is 2.27. The number of halogens is 1. The topological polar surface area (TPSA) is 66.0 Å². The van der Waals surface area contributed by atoms with Gasteiger partial charge in [-0.3, -0.25) is 9.79 Å². The van der Waals surface area contributed by atoms with Gasteiger partial charge in [-0.1, -0.05) is 12.8 Å². The van der Waals surface area contributed by atoms with Crippen LogP contribution in [-0.4, -0.2) is 62.7 Å². The van der Waals surface area contributed by atoms with Gasteiger partial charge in [-0.25, -0.2) is 0 Å². The lowest BCUT2D eigenvalue weighted by molar-refractivity contribution is -0.134. The molecule has 1 aliphatic heterocycles. The van der Waals surface area contributed by atoms with Crippen molar-refractivity contribution in [1.82, 2.24) is 15.5 Å². The van der Waals surface area contributed by atoms with E-state index in [1.54, 1.807) is 7.05 Å². The van der Waals surface area contributed by atoms with E-state index in [9.17, 15) is 4.79 Å². The molecule has 0 aromatic heterocycles. The van der Waals surface area contributed by atoms with Crippen molar-refractivity contribution in [1.29, 1.82) is 0 Å². The summed E-state index contributed by atoms with van der Waals surface area (Å²) in [5.74, 6) is 1.49. The molecule has 7 heteroatoms. The number of likely N-dealkylation sites (tertiary alicyclic amines) is 1. The molecule has 2 rings (SSSR count). The Hall–Kier alpha value is -0.570. The highest BCUT2D eigenvalue weighted by atomic mass is 127. The van der Waals surface area contributed by atoms with E-state index in [2.05, 4.69) is 15.6 Å². The van der Waals surface area contributed by atoms with Crippen molar-refractivity contribution < 1.29 is 9.53 Å². The van der Waals surface area contributed by atoms with Crippen LogP contribution in [-0.2, 0) is 9.53 Å². The van der Waals surface area contributed by atoms with Gasteiger partial charge in [0.15, 0.2) is 5.96 Å². The SMILES string of the molecule is CCOCCCCNC(=NC)NC1CCN(C(=O)C2CCCC2)C1.I. The summed E-state index contributed by atoms with van der Waals surface area (Å²) in [6, 6.07) is 0.310. The fourth-order valence-electron chi connectivity index (χ4n) is 3.58. The zero-order valence-electron chi connectivity index (χ0n) is 15.8. The number of aliphatic imine (C=N–C) groups is 1. The van der Waals surface area contributed by atoms with E-state index in [4.69, 9.17) is 4.74 Å². The summed E-state index contributed by atoms with van der Waals surface area (Å²) >= 11 is 0. The average molecular weight is 466 g/mol. The molecular weight excluding hydrogens is 431 g/mol. The molecule has 0 radical (unpaired) electrons. The van der Waals surface area contributed by atoms with E-state index in [1.165, 1.54) is 12.8 Å². The van der Waals surface area contributed by atoms with Gasteiger partial charge in [0.05, 0.1) is 0 Å². The Bertz CT molecular complexity index is 414. The number of carbonyl (C=O) groups is 1. The molecule has 2 N–H and O–H groups in total. The molecule has 0 aromatic rings. The number of hydrogen-bond donors (Lipinski definition) is 2. The van der Waals surface area contributed by atoms with Crippen molar-refractivity contribution in [2.75, 3.05) is 39.9 Å². The zero-order chi connectivity index (χ0) is 17.2. The van der Waals surface area contributed by atoms with E-state index in [0.29, 0.717) is 11.9 Å². The molecule has 2 aliphatic rings. The smallest absolute Gasteiger partial charge is 0.225 e. The molecule has 0 bridgehead atoms. The average Bonchev–Trinajstić information content (AvgIpc) is 3.28. The Labute approximate surface area is 169 Å². The maximum Gasteiger partial charge on any atom is 0.225 e. The predicted molar refractivity (Wildman–Crippen MR) is 113 cm³/mol. The lowest BCUT2D eigenvalue weighted by atomic mass is 10.1. The standard InChI is InChI=1S/C18H34N4O2.HI/c1-3-24-13-7-6-11-20-18(19-2)21-16-10-12-22(14-16)17(23)15-8-4-5-9-15;/h15-16H,3-14H2,1-2H3,(H2,19,20,21);1H. The number of nitrogens with one attached hydrogen (secondary N) is 2. The predicted octanol–water partition coefficient (Wildman–Crippen LogP) is 2.38. The van der Waals surface area contributed by atoms with E-state index in [-0.39, 0.29) is 29.9 Å². The molecule has 1 saturated carbocycles. The van der Waals surface area contributed by atoms with Crippen molar-refractivity contribution in [2.45, 2.75) is 57.9 Å². The minimum Gasteiger partial charge on any atom is -0.382 e. The molecule has 1 aliphatic carbocycles. The maximum absolute atomic E-state index is 12.5. The summed E-state index contributed by atoms with van der Waals surface area (Å²) in [6.45, 7) is 6.20. The second kappa shape index (κ2) is 12.7. The van der Waals surface area contributed by atoms with Gasteiger partial charge in [-0.2, -0.15) is 0 Å². The van der Waals surface area contributed by atoms with Crippen molar-refractivity contribution >= 4 is 35.8 Å². The first-order valence-electron chi connectivity index (χ1n) is 9.58. The van der Waals surface area contributed by atoms with Crippen LogP contribution < -0.4 is 10.6 Å². The molecule has 0 spiro atoms. The van der Waals surface area contributed by atoms with Crippen molar-refractivity contribution in [3.63, 3.8) is 0 Å². The minimum absolute atomic E-state index is 0. The van der Waals surface area contributed by atoms with E-state index >= 15 is 0 Å². The van der Waals surface area contributed by atoms with Gasteiger partial charge in [0, 0.05) is 51.9 Å². The molecule has 2 fully saturated rings. The number of hydrogen-bond acceptors (Lipinski definition) is 3. The highest BCUT2D eigenvalue weighted by molar-refractivity contribution is 14.0. The third-order valence-corrected chi connectivity index (χ3v) is 4.98. The van der Waals surface area contributed by atoms with Gasteiger partial charge in [-0.15, -0.1) is 24.0 Å². The monoisotopic (exact) mass is 466 g/mol. The summed E-state index contributed by atoms with van der Waals surface area (Å²) in [4.78, 5) is 18.8. The fraction of sp³-hybridized carbons (Fsp3) is 0.889. The molecule has 1 atom stereocenters. The first kappa shape index (κ1) is 22.5. The number of rotatable bonds is 8. The van der Waals surface area contributed by atoms with Crippen LogP contribution in [0.4, 0.5) is 0 Å². The third-order valence-electron chi connectivity index (χ3n) is 4.98. The largest absolute Gasteiger partial charge is 0.382 e. The quantitative estimate of drug-likeness (QED) is 0.250. The molecule has 1 heterocycles. The molecule has 1 unspecified atom stereocenters. The van der Waals surface area contributed by atoms with E-state index in [0.717, 1.165) is 70.9 Å². The Morgan fingerprint density at radius 1 is 1.24 bits per heavy atom. The van der Waals surface area contributed by atoms with Crippen molar-refractivity contribution in [3.05, 3.63) is 0 Å². The van der Waals surface area contributed by atoms with E-state index < -0.39 is 0 Å². The number of carbonyl (C=O) groups excluding carboxylic acids is 1. The molecule has 1 saturated heterocycles. The van der Waals surface area contributed by atoms with E-state index in [1.807, 2.05) is 11.8 Å². The second-order valence-corrected chi connectivity index (χ2v) is 6.80. The highest BCUT2D eigenvalue weighted by Gasteiger charge is 2.32. The van der Waals surface area contributed by atoms with Crippen LogP contribution in [0.1, 0.15) is 51.9 Å². The number of nitrogens with zero attached hydrogens (tertiary/aromatic N) is 2. The maximum atomic E-state index is 12.5. The lowest BCUT2D eigenvalue weighted by Crippen LogP contribution is -2.45. The van der Waals surface area contributed by atoms with Crippen molar-refractivity contribution in [3.8, 4) is 0 Å². The zero-order valence-corrected chi connectivity index (χ0v) is 18.1. The molecule has 146 valence electrons. The Kier molecular flexibility index (Phi) is 11.4. The Morgan fingerprint density at radius 2 is 2.00 bits per heavy atom. The Morgan fingerprint density at radius 3 is 2.68 bits per heavy atom. The summed E-state index contributed by atoms with van der Waals surface area (Å²) < 4.78 is 5.34. The molecule has 25 heavy (non-hydrogen) atoms. The number of amides is 1.